The average molecular weight is 239 g/mol. The molecule has 0 spiro atoms. The lowest BCUT2D eigenvalue weighted by molar-refractivity contribution is -0.120. The molecule has 1 N–H and O–H groups in total. The van der Waals surface area contributed by atoms with E-state index >= 15 is 0 Å². The summed E-state index contributed by atoms with van der Waals surface area (Å²) in [5.41, 5.74) is 0. The van der Waals surface area contributed by atoms with Crippen molar-refractivity contribution in [3.8, 4) is 0 Å². The molecule has 1 fully saturated rings. The first-order valence-corrected chi connectivity index (χ1v) is 7.54. The Balaban J connectivity index is 1.85. The van der Waals surface area contributed by atoms with Gasteiger partial charge in [0, 0.05) is 13.0 Å². The number of hydrogen-bond acceptors (Lipinski definition) is 1. The Morgan fingerprint density at radius 3 is 2.41 bits per heavy atom. The van der Waals surface area contributed by atoms with Crippen LogP contribution in [-0.2, 0) is 4.79 Å². The quantitative estimate of drug-likeness (QED) is 0.576. The molecular weight excluding hydrogens is 210 g/mol. The summed E-state index contributed by atoms with van der Waals surface area (Å²) in [5.74, 6) is 2.20. The molecule has 2 nitrogen and oxygen atoms in total. The third-order valence-electron chi connectivity index (χ3n) is 3.89. The van der Waals surface area contributed by atoms with E-state index in [0.717, 1.165) is 18.4 Å². The summed E-state index contributed by atoms with van der Waals surface area (Å²) in [6.07, 6.45) is 11.6. The minimum atomic E-state index is 0.192. The van der Waals surface area contributed by atoms with Crippen molar-refractivity contribution in [3.05, 3.63) is 0 Å². The maximum Gasteiger partial charge on any atom is 0.219 e. The predicted octanol–water partition coefficient (Wildman–Crippen LogP) is 3.90. The molecule has 0 radical (unpaired) electrons. The lowest BCUT2D eigenvalue weighted by Crippen LogP contribution is -2.23. The molecular formula is C15H29NO. The fourth-order valence-corrected chi connectivity index (χ4v) is 2.57. The van der Waals surface area contributed by atoms with Crippen LogP contribution in [0.2, 0.25) is 0 Å². The van der Waals surface area contributed by atoms with Crippen LogP contribution >= 0.6 is 0 Å². The van der Waals surface area contributed by atoms with Crippen molar-refractivity contribution < 1.29 is 4.79 Å². The minimum Gasteiger partial charge on any atom is -0.356 e. The predicted molar refractivity (Wildman–Crippen MR) is 72.9 cm³/mol. The van der Waals surface area contributed by atoms with E-state index in [1.807, 2.05) is 6.92 Å². The smallest absolute Gasteiger partial charge is 0.219 e. The molecule has 0 aromatic carbocycles. The molecule has 100 valence electrons. The minimum absolute atomic E-state index is 0.192. The fraction of sp³-hybridized carbons (Fsp3) is 0.933. The van der Waals surface area contributed by atoms with Crippen LogP contribution in [0.15, 0.2) is 0 Å². The largest absolute Gasteiger partial charge is 0.356 e. The maximum absolute atomic E-state index is 11.0. The van der Waals surface area contributed by atoms with Crippen molar-refractivity contribution in [3.63, 3.8) is 0 Å². The number of hydrogen-bond donors (Lipinski definition) is 1. The molecule has 1 unspecified atom stereocenters. The van der Waals surface area contributed by atoms with Crippen LogP contribution in [0.1, 0.15) is 71.6 Å². The molecule has 0 bridgehead atoms. The van der Waals surface area contributed by atoms with Crippen LogP contribution in [0, 0.1) is 11.8 Å². The molecule has 0 aliphatic heterocycles. The number of rotatable bonds is 10. The number of carbonyl (C=O) groups excluding carboxylic acids is 1. The molecule has 1 amide bonds. The third-order valence-corrected chi connectivity index (χ3v) is 3.89. The maximum atomic E-state index is 11.0. The van der Waals surface area contributed by atoms with E-state index in [2.05, 4.69) is 12.2 Å². The van der Waals surface area contributed by atoms with Crippen molar-refractivity contribution in [2.45, 2.75) is 71.6 Å². The molecule has 0 saturated heterocycles. The van der Waals surface area contributed by atoms with Crippen LogP contribution in [0.25, 0.3) is 0 Å². The molecule has 0 heterocycles. The van der Waals surface area contributed by atoms with Gasteiger partial charge in [0.1, 0.15) is 0 Å². The average Bonchev–Trinajstić information content (AvgIpc) is 3.08. The second kappa shape index (κ2) is 8.54. The molecule has 2 heteroatoms. The number of carbonyl (C=O) groups is 1. The van der Waals surface area contributed by atoms with E-state index in [1.165, 1.54) is 51.4 Å². The van der Waals surface area contributed by atoms with E-state index in [9.17, 15) is 4.79 Å². The van der Waals surface area contributed by atoms with Gasteiger partial charge in [0.25, 0.3) is 0 Å². The van der Waals surface area contributed by atoms with Crippen LogP contribution < -0.4 is 5.32 Å². The highest BCUT2D eigenvalue weighted by Gasteiger charge is 2.35. The Morgan fingerprint density at radius 1 is 1.06 bits per heavy atom. The zero-order valence-electron chi connectivity index (χ0n) is 11.6. The van der Waals surface area contributed by atoms with Gasteiger partial charge in [-0.05, 0) is 31.1 Å². The fourth-order valence-electron chi connectivity index (χ4n) is 2.57. The Hall–Kier alpha value is -0.530. The van der Waals surface area contributed by atoms with Crippen molar-refractivity contribution in [2.75, 3.05) is 6.54 Å². The van der Waals surface area contributed by atoms with Crippen molar-refractivity contribution in [1.29, 1.82) is 0 Å². The van der Waals surface area contributed by atoms with Crippen LogP contribution in [0.3, 0.4) is 0 Å². The van der Waals surface area contributed by atoms with Gasteiger partial charge in [-0.25, -0.2) is 0 Å². The summed E-state index contributed by atoms with van der Waals surface area (Å²) in [7, 11) is 0. The van der Waals surface area contributed by atoms with E-state index < -0.39 is 0 Å². The van der Waals surface area contributed by atoms with E-state index in [-0.39, 0.29) is 5.91 Å². The Labute approximate surface area is 107 Å². The summed E-state index contributed by atoms with van der Waals surface area (Å²) in [5, 5.41) is 2.95. The second-order valence-electron chi connectivity index (χ2n) is 5.45. The van der Waals surface area contributed by atoms with Crippen molar-refractivity contribution in [1.82, 2.24) is 5.32 Å². The summed E-state index contributed by atoms with van der Waals surface area (Å²) in [6.45, 7) is 5.05. The number of unbranched alkanes of at least 4 members (excludes halogenated alkanes) is 3. The van der Waals surface area contributed by atoms with Gasteiger partial charge in [0.05, 0.1) is 0 Å². The van der Waals surface area contributed by atoms with E-state index in [0.29, 0.717) is 6.42 Å². The van der Waals surface area contributed by atoms with Crippen molar-refractivity contribution >= 4 is 5.91 Å². The standard InChI is InChI=1S/C15H29NO/c1-3-5-6-7-9-13-12-14(13)10-8-11-16-15(17)4-2/h13-14H,3-12H2,1-2H3,(H,16,17)/t13?,14-/m1/s1. The van der Waals surface area contributed by atoms with Crippen molar-refractivity contribution in [2.24, 2.45) is 11.8 Å². The van der Waals surface area contributed by atoms with Crippen LogP contribution in [0.5, 0.6) is 0 Å². The van der Waals surface area contributed by atoms with Gasteiger partial charge in [0.2, 0.25) is 5.91 Å². The lowest BCUT2D eigenvalue weighted by Gasteiger charge is -2.03. The zero-order valence-corrected chi connectivity index (χ0v) is 11.6. The zero-order chi connectivity index (χ0) is 12.5. The first kappa shape index (κ1) is 14.5. The Morgan fingerprint density at radius 2 is 1.76 bits per heavy atom. The Bertz CT molecular complexity index is 215. The number of amides is 1. The third kappa shape index (κ3) is 6.70. The molecule has 1 aliphatic rings. The lowest BCUT2D eigenvalue weighted by atomic mass is 10.1. The van der Waals surface area contributed by atoms with Gasteiger partial charge in [-0.3, -0.25) is 4.79 Å². The normalized spacial score (nSPS) is 22.5. The molecule has 17 heavy (non-hydrogen) atoms. The first-order valence-electron chi connectivity index (χ1n) is 7.54. The molecule has 2 atom stereocenters. The van der Waals surface area contributed by atoms with Crippen LogP contribution in [0.4, 0.5) is 0 Å². The Kier molecular flexibility index (Phi) is 7.30. The topological polar surface area (TPSA) is 29.1 Å². The highest BCUT2D eigenvalue weighted by molar-refractivity contribution is 5.75. The van der Waals surface area contributed by atoms with Gasteiger partial charge in [-0.2, -0.15) is 0 Å². The van der Waals surface area contributed by atoms with E-state index in [4.69, 9.17) is 0 Å². The van der Waals surface area contributed by atoms with Gasteiger partial charge >= 0.3 is 0 Å². The SMILES string of the molecule is CCCCCCC1C[C@H]1CCCNC(=O)CC. The van der Waals surface area contributed by atoms with E-state index in [1.54, 1.807) is 0 Å². The van der Waals surface area contributed by atoms with Gasteiger partial charge in [0.15, 0.2) is 0 Å². The monoisotopic (exact) mass is 239 g/mol. The first-order chi connectivity index (χ1) is 8.27. The molecule has 1 rings (SSSR count). The van der Waals surface area contributed by atoms with Crippen LogP contribution in [-0.4, -0.2) is 12.5 Å². The van der Waals surface area contributed by atoms with Gasteiger partial charge in [-0.15, -0.1) is 0 Å². The highest BCUT2D eigenvalue weighted by atomic mass is 16.1. The molecule has 0 aromatic heterocycles. The van der Waals surface area contributed by atoms with Gasteiger partial charge < -0.3 is 5.32 Å². The molecule has 1 aliphatic carbocycles. The second-order valence-corrected chi connectivity index (χ2v) is 5.45. The highest BCUT2D eigenvalue weighted by Crippen LogP contribution is 2.45. The molecule has 1 saturated carbocycles. The van der Waals surface area contributed by atoms with Gasteiger partial charge in [-0.1, -0.05) is 46.0 Å². The summed E-state index contributed by atoms with van der Waals surface area (Å²) in [4.78, 5) is 11.0. The molecule has 0 aromatic rings. The summed E-state index contributed by atoms with van der Waals surface area (Å²) in [6, 6.07) is 0. The summed E-state index contributed by atoms with van der Waals surface area (Å²) >= 11 is 0. The summed E-state index contributed by atoms with van der Waals surface area (Å²) < 4.78 is 0. The number of nitrogens with one attached hydrogen (secondary N) is 1.